The molecule has 0 radical (unpaired) electrons. The topological polar surface area (TPSA) is 71.3 Å². The number of piperidine rings is 1. The lowest BCUT2D eigenvalue weighted by Crippen LogP contribution is -2.52. The molecule has 6 heteroatoms. The third kappa shape index (κ3) is 2.69. The summed E-state index contributed by atoms with van der Waals surface area (Å²) in [7, 11) is 0. The summed E-state index contributed by atoms with van der Waals surface area (Å²) < 4.78 is 5.45. The van der Waals surface area contributed by atoms with Gasteiger partial charge in [-0.1, -0.05) is 18.0 Å². The number of carbonyl (C=O) groups is 1. The second-order valence-corrected chi connectivity index (χ2v) is 8.59. The molecule has 2 aliphatic carbocycles. The minimum absolute atomic E-state index is 0.142. The maximum absolute atomic E-state index is 13.5. The highest BCUT2D eigenvalue weighted by Gasteiger charge is 2.51. The Morgan fingerprint density at radius 3 is 2.96 bits per heavy atom. The smallest absolute Gasteiger partial charge is 0.230 e. The molecule has 25 heavy (non-hydrogen) atoms. The first kappa shape index (κ1) is 15.8. The van der Waals surface area contributed by atoms with E-state index in [-0.39, 0.29) is 11.3 Å². The lowest BCUT2D eigenvalue weighted by atomic mass is 9.67. The molecule has 6 nitrogen and oxygen atoms in total. The van der Waals surface area contributed by atoms with E-state index in [2.05, 4.69) is 20.4 Å². The van der Waals surface area contributed by atoms with Crippen molar-refractivity contribution < 1.29 is 9.32 Å². The first-order chi connectivity index (χ1) is 12.3. The summed E-state index contributed by atoms with van der Waals surface area (Å²) in [6.45, 7) is 3.53. The maximum atomic E-state index is 13.5. The van der Waals surface area contributed by atoms with E-state index >= 15 is 0 Å². The molecule has 1 aromatic heterocycles. The molecule has 3 atom stereocenters. The first-order valence-corrected chi connectivity index (χ1v) is 10.1. The zero-order valence-electron chi connectivity index (χ0n) is 14.9. The molecule has 0 bridgehead atoms. The van der Waals surface area contributed by atoms with E-state index < -0.39 is 0 Å². The van der Waals surface area contributed by atoms with Gasteiger partial charge in [-0.15, -0.1) is 0 Å². The Kier molecular flexibility index (Phi) is 3.84. The van der Waals surface area contributed by atoms with E-state index in [9.17, 15) is 4.79 Å². The number of amides is 1. The average Bonchev–Trinajstić information content (AvgIpc) is 3.22. The zero-order chi connectivity index (χ0) is 16.9. The van der Waals surface area contributed by atoms with Crippen molar-refractivity contribution in [1.82, 2.24) is 20.4 Å². The molecule has 136 valence electrons. The summed E-state index contributed by atoms with van der Waals surface area (Å²) in [5.74, 6) is 3.28. The molecule has 1 N–H and O–H groups in total. The standard InChI is InChI=1S/C19H28N4O2/c24-18(19-8-2-1-5-15(19)10-20-12-19)23-9-3-4-14(11-23)16-21-17(25-22-16)13-6-7-13/h13-15,20H,1-12H2/t14?,15-,19+/m0/s1. The lowest BCUT2D eigenvalue weighted by molar-refractivity contribution is -0.146. The van der Waals surface area contributed by atoms with Crippen molar-refractivity contribution in [2.75, 3.05) is 26.2 Å². The van der Waals surface area contributed by atoms with E-state index in [4.69, 9.17) is 4.52 Å². The summed E-state index contributed by atoms with van der Waals surface area (Å²) in [5, 5.41) is 7.74. The Labute approximate surface area is 148 Å². The van der Waals surface area contributed by atoms with Gasteiger partial charge in [0.15, 0.2) is 5.82 Å². The molecule has 4 fully saturated rings. The number of likely N-dealkylation sites (tertiary alicyclic amines) is 1. The zero-order valence-corrected chi connectivity index (χ0v) is 14.9. The van der Waals surface area contributed by atoms with Crippen LogP contribution in [-0.4, -0.2) is 47.1 Å². The van der Waals surface area contributed by atoms with E-state index in [1.54, 1.807) is 0 Å². The van der Waals surface area contributed by atoms with Gasteiger partial charge >= 0.3 is 0 Å². The van der Waals surface area contributed by atoms with Crippen LogP contribution in [0.4, 0.5) is 0 Å². The van der Waals surface area contributed by atoms with Crippen molar-refractivity contribution in [2.24, 2.45) is 11.3 Å². The highest BCUT2D eigenvalue weighted by Crippen LogP contribution is 2.46. The molecule has 0 spiro atoms. The van der Waals surface area contributed by atoms with Crippen LogP contribution in [0.25, 0.3) is 0 Å². The summed E-state index contributed by atoms with van der Waals surface area (Å²) in [6.07, 6.45) is 9.17. The van der Waals surface area contributed by atoms with Gasteiger partial charge in [0, 0.05) is 31.5 Å². The molecule has 1 aromatic rings. The number of hydrogen-bond donors (Lipinski definition) is 1. The summed E-state index contributed by atoms with van der Waals surface area (Å²) in [6, 6.07) is 0. The predicted octanol–water partition coefficient (Wildman–Crippen LogP) is 2.43. The molecule has 2 saturated heterocycles. The second kappa shape index (κ2) is 6.08. The summed E-state index contributed by atoms with van der Waals surface area (Å²) in [5.41, 5.74) is -0.142. The van der Waals surface area contributed by atoms with Crippen LogP contribution >= 0.6 is 0 Å². The van der Waals surface area contributed by atoms with Crippen LogP contribution in [0.1, 0.15) is 74.9 Å². The quantitative estimate of drug-likeness (QED) is 0.912. The van der Waals surface area contributed by atoms with Crippen LogP contribution in [0.3, 0.4) is 0 Å². The average molecular weight is 344 g/mol. The van der Waals surface area contributed by atoms with Crippen molar-refractivity contribution in [3.63, 3.8) is 0 Å². The molecular weight excluding hydrogens is 316 g/mol. The van der Waals surface area contributed by atoms with Gasteiger partial charge in [-0.2, -0.15) is 4.98 Å². The van der Waals surface area contributed by atoms with Gasteiger partial charge < -0.3 is 14.7 Å². The minimum Gasteiger partial charge on any atom is -0.341 e. The SMILES string of the molecule is O=C(N1CCCC(c2noc(C3CC3)n2)C1)[C@@]12CCCC[C@H]1CNC2. The van der Waals surface area contributed by atoms with Crippen molar-refractivity contribution in [1.29, 1.82) is 0 Å². The third-order valence-electron chi connectivity index (χ3n) is 6.92. The Hall–Kier alpha value is -1.43. The number of nitrogens with one attached hydrogen (secondary N) is 1. The van der Waals surface area contributed by atoms with E-state index in [1.165, 1.54) is 32.1 Å². The molecule has 4 aliphatic rings. The normalized spacial score (nSPS) is 35.6. The number of fused-ring (bicyclic) bond motifs is 1. The summed E-state index contributed by atoms with van der Waals surface area (Å²) in [4.78, 5) is 20.2. The van der Waals surface area contributed by atoms with Crippen molar-refractivity contribution >= 4 is 5.91 Å². The van der Waals surface area contributed by atoms with Crippen molar-refractivity contribution in [3.8, 4) is 0 Å². The van der Waals surface area contributed by atoms with Crippen LogP contribution < -0.4 is 5.32 Å². The lowest BCUT2D eigenvalue weighted by Gasteiger charge is -2.43. The van der Waals surface area contributed by atoms with Crippen LogP contribution in [0.2, 0.25) is 0 Å². The molecule has 3 heterocycles. The number of rotatable bonds is 3. The monoisotopic (exact) mass is 344 g/mol. The largest absolute Gasteiger partial charge is 0.341 e. The van der Waals surface area contributed by atoms with Crippen molar-refractivity contribution in [3.05, 3.63) is 11.7 Å². The van der Waals surface area contributed by atoms with Gasteiger partial charge in [0.1, 0.15) is 0 Å². The number of aromatic nitrogens is 2. The fourth-order valence-corrected chi connectivity index (χ4v) is 5.26. The van der Waals surface area contributed by atoms with Crippen LogP contribution in [-0.2, 0) is 4.79 Å². The Balaban J connectivity index is 1.32. The molecule has 2 saturated carbocycles. The minimum atomic E-state index is -0.142. The Morgan fingerprint density at radius 2 is 2.08 bits per heavy atom. The molecule has 5 rings (SSSR count). The fourth-order valence-electron chi connectivity index (χ4n) is 5.26. The van der Waals surface area contributed by atoms with Crippen LogP contribution in [0.5, 0.6) is 0 Å². The molecule has 0 aromatic carbocycles. The number of hydrogen-bond acceptors (Lipinski definition) is 5. The van der Waals surface area contributed by atoms with Gasteiger partial charge in [0.25, 0.3) is 0 Å². The molecular formula is C19H28N4O2. The number of nitrogens with zero attached hydrogens (tertiary/aromatic N) is 3. The third-order valence-corrected chi connectivity index (χ3v) is 6.92. The maximum Gasteiger partial charge on any atom is 0.230 e. The van der Waals surface area contributed by atoms with Crippen LogP contribution in [0, 0.1) is 11.3 Å². The second-order valence-electron chi connectivity index (χ2n) is 8.59. The van der Waals surface area contributed by atoms with Crippen LogP contribution in [0.15, 0.2) is 4.52 Å². The highest BCUT2D eigenvalue weighted by molar-refractivity contribution is 5.84. The van der Waals surface area contributed by atoms with Gasteiger partial charge in [0.05, 0.1) is 5.41 Å². The molecule has 1 amide bonds. The molecule has 1 unspecified atom stereocenters. The predicted molar refractivity (Wildman–Crippen MR) is 92.1 cm³/mol. The molecule has 2 aliphatic heterocycles. The van der Waals surface area contributed by atoms with Gasteiger partial charge in [-0.25, -0.2) is 0 Å². The van der Waals surface area contributed by atoms with Gasteiger partial charge in [-0.05, 0) is 51.0 Å². The Bertz CT molecular complexity index is 656. The Morgan fingerprint density at radius 1 is 1.16 bits per heavy atom. The van der Waals surface area contributed by atoms with E-state index in [1.807, 2.05) is 0 Å². The van der Waals surface area contributed by atoms with E-state index in [0.29, 0.717) is 17.7 Å². The fraction of sp³-hybridized carbons (Fsp3) is 0.842. The first-order valence-electron chi connectivity index (χ1n) is 10.1. The highest BCUT2D eigenvalue weighted by atomic mass is 16.5. The van der Waals surface area contributed by atoms with Gasteiger partial charge in [0.2, 0.25) is 11.8 Å². The van der Waals surface area contributed by atoms with E-state index in [0.717, 1.165) is 57.2 Å². The summed E-state index contributed by atoms with van der Waals surface area (Å²) >= 11 is 0. The van der Waals surface area contributed by atoms with Gasteiger partial charge in [-0.3, -0.25) is 4.79 Å². The van der Waals surface area contributed by atoms with Crippen molar-refractivity contribution in [2.45, 2.75) is 63.2 Å². The number of carbonyl (C=O) groups excluding carboxylic acids is 1.